The van der Waals surface area contributed by atoms with Gasteiger partial charge in [0.05, 0.1) is 10.5 Å². The van der Waals surface area contributed by atoms with Gasteiger partial charge < -0.3 is 5.11 Å². The predicted octanol–water partition coefficient (Wildman–Crippen LogP) is 3.21. The highest BCUT2D eigenvalue weighted by atomic mass is 32.2. The summed E-state index contributed by atoms with van der Waals surface area (Å²) < 4.78 is 0.506. The van der Waals surface area contributed by atoms with Crippen LogP contribution in [0, 0.1) is 17.0 Å². The highest BCUT2D eigenvalue weighted by Gasteiger charge is 2.14. The highest BCUT2D eigenvalue weighted by molar-refractivity contribution is 8.01. The van der Waals surface area contributed by atoms with Gasteiger partial charge in [-0.1, -0.05) is 17.8 Å². The summed E-state index contributed by atoms with van der Waals surface area (Å²) in [6.07, 6.45) is 1.19. The van der Waals surface area contributed by atoms with E-state index in [9.17, 15) is 14.9 Å². The van der Waals surface area contributed by atoms with E-state index in [1.54, 1.807) is 19.1 Å². The third-order valence-electron chi connectivity index (χ3n) is 2.30. The standard InChI is InChI=1S/C11H8N2O4S2/c1-6-2-3-7(4-8(6)10(14)15)18-11-12-5-9(19-11)13(16)17/h2-5H,1H3,(H,14,15). The maximum Gasteiger partial charge on any atom is 0.344 e. The molecule has 0 aliphatic carbocycles. The first-order valence-corrected chi connectivity index (χ1v) is 6.72. The molecule has 1 aromatic carbocycles. The van der Waals surface area contributed by atoms with Crippen LogP contribution in [-0.4, -0.2) is 21.0 Å². The number of nitro groups is 1. The lowest BCUT2D eigenvalue weighted by Gasteiger charge is -2.03. The van der Waals surface area contributed by atoms with E-state index >= 15 is 0 Å². The van der Waals surface area contributed by atoms with Gasteiger partial charge in [0.1, 0.15) is 6.20 Å². The number of aromatic nitrogens is 1. The fraction of sp³-hybridized carbons (Fsp3) is 0.0909. The van der Waals surface area contributed by atoms with E-state index in [0.717, 1.165) is 11.3 Å². The Hall–Kier alpha value is -1.93. The molecule has 0 bridgehead atoms. The van der Waals surface area contributed by atoms with Crippen molar-refractivity contribution >= 4 is 34.1 Å². The van der Waals surface area contributed by atoms with E-state index in [1.165, 1.54) is 24.0 Å². The van der Waals surface area contributed by atoms with Crippen LogP contribution in [0.5, 0.6) is 0 Å². The Bertz CT molecular complexity index is 654. The average molecular weight is 296 g/mol. The van der Waals surface area contributed by atoms with Crippen molar-refractivity contribution < 1.29 is 14.8 Å². The van der Waals surface area contributed by atoms with E-state index < -0.39 is 10.9 Å². The quantitative estimate of drug-likeness (QED) is 0.687. The van der Waals surface area contributed by atoms with E-state index in [1.807, 2.05) is 0 Å². The maximum absolute atomic E-state index is 11.0. The molecule has 8 heteroatoms. The number of aromatic carboxylic acids is 1. The van der Waals surface area contributed by atoms with Crippen LogP contribution in [0.2, 0.25) is 0 Å². The van der Waals surface area contributed by atoms with Crippen molar-refractivity contribution in [2.75, 3.05) is 0 Å². The number of nitrogens with zero attached hydrogens (tertiary/aromatic N) is 2. The Morgan fingerprint density at radius 1 is 1.53 bits per heavy atom. The first-order valence-electron chi connectivity index (χ1n) is 5.09. The summed E-state index contributed by atoms with van der Waals surface area (Å²) in [6, 6.07) is 5.00. The molecular formula is C11H8N2O4S2. The van der Waals surface area contributed by atoms with Gasteiger partial charge in [-0.25, -0.2) is 9.78 Å². The molecule has 0 radical (unpaired) electrons. The summed E-state index contributed by atoms with van der Waals surface area (Å²) in [6.45, 7) is 1.71. The van der Waals surface area contributed by atoms with Crippen molar-refractivity contribution in [1.29, 1.82) is 0 Å². The van der Waals surface area contributed by atoms with Gasteiger partial charge in [-0.3, -0.25) is 10.1 Å². The monoisotopic (exact) mass is 296 g/mol. The second kappa shape index (κ2) is 5.37. The molecule has 0 aliphatic rings. The van der Waals surface area contributed by atoms with Gasteiger partial charge >= 0.3 is 11.0 Å². The summed E-state index contributed by atoms with van der Waals surface area (Å²) in [5.41, 5.74) is 0.887. The summed E-state index contributed by atoms with van der Waals surface area (Å²) in [4.78, 5) is 25.7. The molecule has 0 fully saturated rings. The third kappa shape index (κ3) is 3.09. The SMILES string of the molecule is Cc1ccc(Sc2ncc([N+](=O)[O-])s2)cc1C(=O)O. The van der Waals surface area contributed by atoms with Crippen LogP contribution in [-0.2, 0) is 0 Å². The van der Waals surface area contributed by atoms with Crippen LogP contribution in [0.4, 0.5) is 5.00 Å². The molecule has 0 saturated carbocycles. The molecule has 6 nitrogen and oxygen atoms in total. The highest BCUT2D eigenvalue weighted by Crippen LogP contribution is 2.34. The number of hydrogen-bond donors (Lipinski definition) is 1. The predicted molar refractivity (Wildman–Crippen MR) is 71.0 cm³/mol. The molecule has 1 aromatic heterocycles. The van der Waals surface area contributed by atoms with Gasteiger partial charge in [-0.15, -0.1) is 0 Å². The first-order chi connectivity index (χ1) is 8.97. The van der Waals surface area contributed by atoms with Crippen molar-refractivity contribution in [2.24, 2.45) is 0 Å². The molecule has 2 aromatic rings. The van der Waals surface area contributed by atoms with Gasteiger partial charge in [0.2, 0.25) is 0 Å². The minimum atomic E-state index is -0.995. The fourth-order valence-electron chi connectivity index (χ4n) is 1.38. The molecule has 0 spiro atoms. The molecule has 1 heterocycles. The van der Waals surface area contributed by atoms with Crippen molar-refractivity contribution in [3.63, 3.8) is 0 Å². The van der Waals surface area contributed by atoms with Gasteiger partial charge in [0, 0.05) is 4.90 Å². The van der Waals surface area contributed by atoms with Gasteiger partial charge in [-0.2, -0.15) is 0 Å². The summed E-state index contributed by atoms with van der Waals surface area (Å²) in [5.74, 6) is -0.995. The maximum atomic E-state index is 11.0. The Morgan fingerprint density at radius 2 is 2.26 bits per heavy atom. The number of thiazole rings is 1. The molecule has 0 atom stereocenters. The van der Waals surface area contributed by atoms with Gasteiger partial charge in [0.15, 0.2) is 4.34 Å². The number of carbonyl (C=O) groups is 1. The first kappa shape index (κ1) is 13.5. The Labute approximate surface area is 116 Å². The number of benzene rings is 1. The molecule has 1 N–H and O–H groups in total. The normalized spacial score (nSPS) is 10.4. The number of carboxylic acids is 1. The van der Waals surface area contributed by atoms with E-state index in [-0.39, 0.29) is 10.6 Å². The topological polar surface area (TPSA) is 93.3 Å². The molecule has 0 unspecified atom stereocenters. The van der Waals surface area contributed by atoms with Crippen LogP contribution >= 0.6 is 23.1 Å². The van der Waals surface area contributed by atoms with Crippen molar-refractivity contribution in [2.45, 2.75) is 16.2 Å². The van der Waals surface area contributed by atoms with Gasteiger partial charge in [0.25, 0.3) is 0 Å². The number of hydrogen-bond acceptors (Lipinski definition) is 6. The lowest BCUT2D eigenvalue weighted by Crippen LogP contribution is -1.99. The molecule has 19 heavy (non-hydrogen) atoms. The average Bonchev–Trinajstić information content (AvgIpc) is 2.80. The molecule has 0 amide bonds. The van der Waals surface area contributed by atoms with Crippen LogP contribution < -0.4 is 0 Å². The van der Waals surface area contributed by atoms with Crippen LogP contribution in [0.25, 0.3) is 0 Å². The zero-order valence-corrected chi connectivity index (χ0v) is 11.3. The van der Waals surface area contributed by atoms with Crippen LogP contribution in [0.15, 0.2) is 33.6 Å². The zero-order valence-electron chi connectivity index (χ0n) is 9.69. The van der Waals surface area contributed by atoms with E-state index in [2.05, 4.69) is 4.98 Å². The third-order valence-corrected chi connectivity index (χ3v) is 4.31. The lowest BCUT2D eigenvalue weighted by atomic mass is 10.1. The zero-order chi connectivity index (χ0) is 14.0. The minimum Gasteiger partial charge on any atom is -0.478 e. The molecule has 0 saturated heterocycles. The Balaban J connectivity index is 2.25. The molecule has 98 valence electrons. The smallest absolute Gasteiger partial charge is 0.344 e. The molecule has 2 rings (SSSR count). The number of aryl methyl sites for hydroxylation is 1. The van der Waals surface area contributed by atoms with Gasteiger partial charge in [-0.05, 0) is 36.0 Å². The largest absolute Gasteiger partial charge is 0.478 e. The summed E-state index contributed by atoms with van der Waals surface area (Å²) >= 11 is 2.17. The van der Waals surface area contributed by atoms with E-state index in [0.29, 0.717) is 14.8 Å². The number of carboxylic acid groups (broad SMARTS) is 1. The second-order valence-electron chi connectivity index (χ2n) is 3.61. The summed E-state index contributed by atoms with van der Waals surface area (Å²) in [5, 5.41) is 19.5. The van der Waals surface area contributed by atoms with E-state index in [4.69, 9.17) is 5.11 Å². The molecular weight excluding hydrogens is 288 g/mol. The van der Waals surface area contributed by atoms with Crippen LogP contribution in [0.1, 0.15) is 15.9 Å². The Morgan fingerprint density at radius 3 is 2.84 bits per heavy atom. The van der Waals surface area contributed by atoms with Crippen molar-refractivity contribution in [3.05, 3.63) is 45.6 Å². The number of rotatable bonds is 4. The fourth-order valence-corrected chi connectivity index (χ4v) is 3.17. The minimum absolute atomic E-state index is 0.0342. The van der Waals surface area contributed by atoms with Crippen LogP contribution in [0.3, 0.4) is 0 Å². The summed E-state index contributed by atoms with van der Waals surface area (Å²) in [7, 11) is 0. The van der Waals surface area contributed by atoms with Crippen molar-refractivity contribution in [1.82, 2.24) is 4.98 Å². The second-order valence-corrected chi connectivity index (χ2v) is 5.94. The Kier molecular flexibility index (Phi) is 3.82. The lowest BCUT2D eigenvalue weighted by molar-refractivity contribution is -0.380. The molecule has 0 aliphatic heterocycles. The van der Waals surface area contributed by atoms with Crippen molar-refractivity contribution in [3.8, 4) is 0 Å².